The van der Waals surface area contributed by atoms with Gasteiger partial charge < -0.3 is 24.8 Å². The minimum atomic E-state index is -0.474. The molecule has 2 bridgehead atoms. The molecule has 1 amide bonds. The van der Waals surface area contributed by atoms with Gasteiger partial charge in [-0.3, -0.25) is 0 Å². The average molecular weight is 545 g/mol. The van der Waals surface area contributed by atoms with Crippen LogP contribution in [0.15, 0.2) is 17.6 Å². The molecule has 9 nitrogen and oxygen atoms in total. The summed E-state index contributed by atoms with van der Waals surface area (Å²) in [7, 11) is 1.94. The lowest BCUT2D eigenvalue weighted by Crippen LogP contribution is -2.55. The molecule has 0 aliphatic carbocycles. The Morgan fingerprint density at radius 1 is 1.29 bits per heavy atom. The molecule has 174 valence electrons. The fourth-order valence-corrected chi connectivity index (χ4v) is 4.16. The van der Waals surface area contributed by atoms with Gasteiger partial charge in [0.05, 0.1) is 0 Å². The van der Waals surface area contributed by atoms with Crippen LogP contribution < -0.4 is 10.6 Å². The predicted molar refractivity (Wildman–Crippen MR) is 132 cm³/mol. The molecular weight excluding hydrogens is 509 g/mol. The lowest BCUT2D eigenvalue weighted by atomic mass is 9.98. The zero-order valence-electron chi connectivity index (χ0n) is 19.2. The largest absolute Gasteiger partial charge is 0.444 e. The van der Waals surface area contributed by atoms with Crippen LogP contribution in [-0.2, 0) is 18.3 Å². The van der Waals surface area contributed by atoms with E-state index in [0.717, 1.165) is 43.3 Å². The molecule has 2 N–H and O–H groups in total. The van der Waals surface area contributed by atoms with E-state index in [1.54, 1.807) is 6.08 Å². The van der Waals surface area contributed by atoms with E-state index in [9.17, 15) is 4.79 Å². The summed E-state index contributed by atoms with van der Waals surface area (Å²) in [5, 5.41) is 15.1. The Morgan fingerprint density at radius 2 is 1.94 bits per heavy atom. The van der Waals surface area contributed by atoms with Crippen LogP contribution in [0.2, 0.25) is 0 Å². The third-order valence-electron chi connectivity index (χ3n) is 5.65. The number of guanidine groups is 1. The molecular formula is C21H36IN7O2. The molecule has 2 fully saturated rings. The number of carbonyl (C=O) groups excluding carboxylic acids is 1. The summed E-state index contributed by atoms with van der Waals surface area (Å²) in [5.41, 5.74) is -0.474. The first-order chi connectivity index (χ1) is 14.2. The second kappa shape index (κ2) is 10.6. The number of carbonyl (C=O) groups is 1. The van der Waals surface area contributed by atoms with Crippen molar-refractivity contribution in [2.24, 2.45) is 12.0 Å². The molecule has 0 aromatic carbocycles. The molecule has 0 spiro atoms. The summed E-state index contributed by atoms with van der Waals surface area (Å²) in [6, 6.07) is 0.662. The summed E-state index contributed by atoms with van der Waals surface area (Å²) in [6.45, 7) is 12.5. The number of aliphatic imine (C=N–C) groups is 1. The normalized spacial score (nSPS) is 23.2. The molecule has 2 atom stereocenters. The number of aryl methyl sites for hydroxylation is 1. The molecule has 2 aliphatic rings. The Balaban J connectivity index is 0.00000341. The highest BCUT2D eigenvalue weighted by molar-refractivity contribution is 14.0. The Morgan fingerprint density at radius 3 is 2.45 bits per heavy atom. The van der Waals surface area contributed by atoms with Crippen molar-refractivity contribution in [1.29, 1.82) is 0 Å². The van der Waals surface area contributed by atoms with E-state index in [4.69, 9.17) is 9.73 Å². The number of piperidine rings is 1. The molecule has 3 heterocycles. The number of amides is 1. The van der Waals surface area contributed by atoms with E-state index in [-0.39, 0.29) is 48.2 Å². The number of rotatable bonds is 5. The number of hydrogen-bond donors (Lipinski definition) is 2. The van der Waals surface area contributed by atoms with E-state index >= 15 is 0 Å². The highest BCUT2D eigenvalue weighted by Crippen LogP contribution is 2.36. The first-order valence-corrected chi connectivity index (χ1v) is 10.7. The van der Waals surface area contributed by atoms with Gasteiger partial charge in [-0.1, -0.05) is 6.08 Å². The van der Waals surface area contributed by atoms with Crippen molar-refractivity contribution < 1.29 is 9.53 Å². The zero-order chi connectivity index (χ0) is 21.9. The first kappa shape index (κ1) is 25.4. The van der Waals surface area contributed by atoms with Crippen molar-refractivity contribution in [3.8, 4) is 0 Å². The number of aromatic nitrogens is 3. The van der Waals surface area contributed by atoms with Crippen LogP contribution in [0.1, 0.15) is 58.1 Å². The topological polar surface area (TPSA) is 96.7 Å². The number of fused-ring (bicyclic) bond motifs is 2. The van der Waals surface area contributed by atoms with Crippen molar-refractivity contribution >= 4 is 36.0 Å². The van der Waals surface area contributed by atoms with Crippen molar-refractivity contribution in [2.75, 3.05) is 6.54 Å². The summed E-state index contributed by atoms with van der Waals surface area (Å²) < 4.78 is 7.57. The first-order valence-electron chi connectivity index (χ1n) is 10.7. The van der Waals surface area contributed by atoms with Gasteiger partial charge in [-0.2, -0.15) is 0 Å². The smallest absolute Gasteiger partial charge is 0.410 e. The number of nitrogens with zero attached hydrogens (tertiary/aromatic N) is 5. The third kappa shape index (κ3) is 6.56. The maximum Gasteiger partial charge on any atom is 0.410 e. The summed E-state index contributed by atoms with van der Waals surface area (Å²) >= 11 is 0. The quantitative estimate of drug-likeness (QED) is 0.256. The minimum absolute atomic E-state index is 0. The number of nitrogens with one attached hydrogen (secondary N) is 2. The van der Waals surface area contributed by atoms with Crippen LogP contribution in [0.4, 0.5) is 4.79 Å². The number of ether oxygens (including phenoxy) is 1. The minimum Gasteiger partial charge on any atom is -0.444 e. The van der Waals surface area contributed by atoms with Crippen LogP contribution in [-0.4, -0.2) is 62.0 Å². The van der Waals surface area contributed by atoms with E-state index in [0.29, 0.717) is 13.1 Å². The molecule has 1 aromatic rings. The molecule has 31 heavy (non-hydrogen) atoms. The average Bonchev–Trinajstić information content (AvgIpc) is 3.12. The van der Waals surface area contributed by atoms with Crippen LogP contribution in [0.3, 0.4) is 0 Å². The highest BCUT2D eigenvalue weighted by atomic mass is 127. The van der Waals surface area contributed by atoms with Gasteiger partial charge in [0.15, 0.2) is 11.8 Å². The Kier molecular flexibility index (Phi) is 8.73. The molecule has 0 radical (unpaired) electrons. The second-order valence-electron chi connectivity index (χ2n) is 9.14. The van der Waals surface area contributed by atoms with Gasteiger partial charge >= 0.3 is 6.09 Å². The monoisotopic (exact) mass is 545 g/mol. The standard InChI is InChI=1S/C21H35N7O2.HI/c1-7-10-22-19(23-13-18-26-25-14(2)27(18)6)24-15-11-16-8-9-17(12-15)28(16)20(29)30-21(3,4)5;/h7,15-17H,1,8-13H2,2-6H3,(H2,22,23,24);1H. The van der Waals surface area contributed by atoms with Crippen LogP contribution >= 0.6 is 24.0 Å². The van der Waals surface area contributed by atoms with Crippen molar-refractivity contribution in [3.63, 3.8) is 0 Å². The van der Waals surface area contributed by atoms with Gasteiger partial charge in [-0.05, 0) is 53.4 Å². The Hall–Kier alpha value is -1.85. The summed E-state index contributed by atoms with van der Waals surface area (Å²) in [4.78, 5) is 19.3. The number of halogens is 1. The molecule has 2 saturated heterocycles. The lowest BCUT2D eigenvalue weighted by Gasteiger charge is -2.40. The predicted octanol–water partition coefficient (Wildman–Crippen LogP) is 2.89. The van der Waals surface area contributed by atoms with Crippen LogP contribution in [0.5, 0.6) is 0 Å². The van der Waals surface area contributed by atoms with Crippen molar-refractivity contribution in [1.82, 2.24) is 30.3 Å². The van der Waals surface area contributed by atoms with E-state index in [2.05, 4.69) is 27.4 Å². The summed E-state index contributed by atoms with van der Waals surface area (Å²) in [5.74, 6) is 2.40. The Labute approximate surface area is 202 Å². The molecule has 2 aliphatic heterocycles. The van der Waals surface area contributed by atoms with Crippen molar-refractivity contribution in [2.45, 2.75) is 83.6 Å². The maximum atomic E-state index is 12.7. The van der Waals surface area contributed by atoms with Gasteiger partial charge in [0.2, 0.25) is 0 Å². The van der Waals surface area contributed by atoms with Gasteiger partial charge in [0.1, 0.15) is 18.0 Å². The summed E-state index contributed by atoms with van der Waals surface area (Å²) in [6.07, 6.45) is 5.42. The molecule has 10 heteroatoms. The lowest BCUT2D eigenvalue weighted by molar-refractivity contribution is 0.00545. The zero-order valence-corrected chi connectivity index (χ0v) is 21.6. The van der Waals surface area contributed by atoms with E-state index < -0.39 is 5.60 Å². The number of hydrogen-bond acceptors (Lipinski definition) is 5. The fraction of sp³-hybridized carbons (Fsp3) is 0.714. The van der Waals surface area contributed by atoms with Crippen LogP contribution in [0, 0.1) is 6.92 Å². The van der Waals surface area contributed by atoms with Gasteiger partial charge in [-0.25, -0.2) is 9.79 Å². The highest BCUT2D eigenvalue weighted by Gasteiger charge is 2.45. The second-order valence-corrected chi connectivity index (χ2v) is 9.14. The maximum absolute atomic E-state index is 12.7. The third-order valence-corrected chi connectivity index (χ3v) is 5.65. The SMILES string of the molecule is C=CCNC(=NCc1nnc(C)n1C)NC1CC2CCC(C1)N2C(=O)OC(C)(C)C.I. The van der Waals surface area contributed by atoms with Gasteiger partial charge in [-0.15, -0.1) is 40.8 Å². The van der Waals surface area contributed by atoms with E-state index in [1.165, 1.54) is 0 Å². The van der Waals surface area contributed by atoms with Crippen LogP contribution in [0.25, 0.3) is 0 Å². The van der Waals surface area contributed by atoms with Crippen molar-refractivity contribution in [3.05, 3.63) is 24.3 Å². The van der Waals surface area contributed by atoms with E-state index in [1.807, 2.05) is 44.2 Å². The molecule has 2 unspecified atom stereocenters. The molecule has 0 saturated carbocycles. The Bertz CT molecular complexity index is 788. The van der Waals surface area contributed by atoms with Gasteiger partial charge in [0.25, 0.3) is 0 Å². The fourth-order valence-electron chi connectivity index (χ4n) is 4.16. The van der Waals surface area contributed by atoms with Gasteiger partial charge in [0, 0.05) is 31.7 Å². The molecule has 3 rings (SSSR count). The molecule has 1 aromatic heterocycles.